The highest BCUT2D eigenvalue weighted by molar-refractivity contribution is 7.90. The van der Waals surface area contributed by atoms with Gasteiger partial charge in [-0.05, 0) is 55.7 Å². The Hall–Kier alpha value is -3.13. The number of rotatable bonds is 7. The molecule has 0 atom stereocenters. The molecule has 0 spiro atoms. The molecular formula is C23H26FN3O3S. The molecule has 2 amide bonds. The van der Waals surface area contributed by atoms with Crippen LogP contribution < -0.4 is 5.73 Å². The number of urea groups is 1. The summed E-state index contributed by atoms with van der Waals surface area (Å²) in [7, 11) is -3.67. The largest absolute Gasteiger partial charge is 0.351 e. The number of primary amides is 1. The highest BCUT2D eigenvalue weighted by atomic mass is 32.2. The van der Waals surface area contributed by atoms with Crippen LogP contribution in [0.5, 0.6) is 0 Å². The van der Waals surface area contributed by atoms with E-state index in [-0.39, 0.29) is 5.03 Å². The normalized spacial score (nSPS) is 11.5. The summed E-state index contributed by atoms with van der Waals surface area (Å²) in [4.78, 5) is 13.2. The molecule has 0 aliphatic heterocycles. The Morgan fingerprint density at radius 3 is 2.23 bits per heavy atom. The number of carbonyl (C=O) groups is 1. The van der Waals surface area contributed by atoms with Crippen LogP contribution >= 0.6 is 0 Å². The van der Waals surface area contributed by atoms with E-state index in [1.54, 1.807) is 16.7 Å². The van der Waals surface area contributed by atoms with Crippen molar-refractivity contribution in [2.75, 3.05) is 19.3 Å². The summed E-state index contributed by atoms with van der Waals surface area (Å²) in [5, 5.41) is 0.139. The highest BCUT2D eigenvalue weighted by Crippen LogP contribution is 2.38. The minimum absolute atomic E-state index is 0.139. The van der Waals surface area contributed by atoms with Crippen LogP contribution in [0.2, 0.25) is 0 Å². The van der Waals surface area contributed by atoms with Crippen molar-refractivity contribution < 1.29 is 17.6 Å². The number of halogens is 1. The Morgan fingerprint density at radius 2 is 1.71 bits per heavy atom. The zero-order valence-electron chi connectivity index (χ0n) is 17.8. The lowest BCUT2D eigenvalue weighted by Crippen LogP contribution is -2.37. The van der Waals surface area contributed by atoms with Crippen LogP contribution in [0, 0.1) is 12.7 Å². The van der Waals surface area contributed by atoms with Crippen molar-refractivity contribution in [2.45, 2.75) is 25.3 Å². The van der Waals surface area contributed by atoms with Gasteiger partial charge in [0.1, 0.15) is 10.8 Å². The fraction of sp³-hybridized carbons (Fsp3) is 0.261. The fourth-order valence-electron chi connectivity index (χ4n) is 3.84. The second kappa shape index (κ2) is 8.93. The Bertz CT molecular complexity index is 1190. The third-order valence-corrected chi connectivity index (χ3v) is 6.40. The van der Waals surface area contributed by atoms with Gasteiger partial charge in [-0.15, -0.1) is 0 Å². The summed E-state index contributed by atoms with van der Waals surface area (Å²) in [5.41, 5.74) is 8.86. The van der Waals surface area contributed by atoms with Crippen LogP contribution in [0.4, 0.5) is 9.18 Å². The van der Waals surface area contributed by atoms with Gasteiger partial charge in [-0.3, -0.25) is 0 Å². The van der Waals surface area contributed by atoms with Gasteiger partial charge in [0, 0.05) is 36.3 Å². The third-order valence-electron chi connectivity index (χ3n) is 5.31. The SMILES string of the molecule is CCN(CCc1c(-c2ccccc2)c(S(C)(=O)=O)n(-c2ccc(F)cc2)c1C)C(N)=O. The predicted molar refractivity (Wildman–Crippen MR) is 120 cm³/mol. The molecule has 0 aliphatic rings. The standard InChI is InChI=1S/C23H26FN3O3S/c1-4-26(23(25)28)15-14-20-16(2)27(19-12-10-18(24)11-13-19)22(31(3,29)30)21(20)17-8-6-5-7-9-17/h5-13H,4,14-15H2,1-3H3,(H2,25,28). The van der Waals surface area contributed by atoms with E-state index < -0.39 is 21.7 Å². The van der Waals surface area contributed by atoms with E-state index in [4.69, 9.17) is 5.73 Å². The number of likely N-dealkylation sites (N-methyl/N-ethyl adjacent to an activating group) is 1. The van der Waals surface area contributed by atoms with Gasteiger partial charge in [-0.2, -0.15) is 0 Å². The lowest BCUT2D eigenvalue weighted by atomic mass is 10.0. The maximum Gasteiger partial charge on any atom is 0.314 e. The molecule has 3 aromatic rings. The molecule has 0 saturated heterocycles. The van der Waals surface area contributed by atoms with Crippen LogP contribution in [0.1, 0.15) is 18.2 Å². The number of hydrogen-bond acceptors (Lipinski definition) is 3. The summed E-state index contributed by atoms with van der Waals surface area (Å²) in [6.07, 6.45) is 1.59. The number of sulfone groups is 1. The van der Waals surface area contributed by atoms with Gasteiger partial charge in [0.2, 0.25) is 0 Å². The van der Waals surface area contributed by atoms with Crippen LogP contribution in [-0.2, 0) is 16.3 Å². The lowest BCUT2D eigenvalue weighted by Gasteiger charge is -2.18. The van der Waals surface area contributed by atoms with Crippen LogP contribution in [0.3, 0.4) is 0 Å². The maximum atomic E-state index is 13.5. The number of carbonyl (C=O) groups excluding carboxylic acids is 1. The Balaban J connectivity index is 2.31. The zero-order valence-corrected chi connectivity index (χ0v) is 18.6. The molecule has 0 radical (unpaired) electrons. The van der Waals surface area contributed by atoms with Gasteiger partial charge < -0.3 is 15.2 Å². The quantitative estimate of drug-likeness (QED) is 0.600. The van der Waals surface area contributed by atoms with E-state index >= 15 is 0 Å². The summed E-state index contributed by atoms with van der Waals surface area (Å²) < 4.78 is 41.1. The molecule has 2 N–H and O–H groups in total. The number of hydrogen-bond donors (Lipinski definition) is 1. The van der Waals surface area contributed by atoms with Crippen LogP contribution in [0.25, 0.3) is 16.8 Å². The van der Waals surface area contributed by atoms with E-state index in [1.807, 2.05) is 44.2 Å². The molecule has 0 saturated carbocycles. The number of amides is 2. The van der Waals surface area contributed by atoms with Gasteiger partial charge in [0.15, 0.2) is 9.84 Å². The number of nitrogens with zero attached hydrogens (tertiary/aromatic N) is 2. The first kappa shape index (κ1) is 22.6. The first-order valence-corrected chi connectivity index (χ1v) is 11.8. The molecule has 164 valence electrons. The van der Waals surface area contributed by atoms with Gasteiger partial charge in [0.25, 0.3) is 0 Å². The molecule has 2 aromatic carbocycles. The van der Waals surface area contributed by atoms with Gasteiger partial charge >= 0.3 is 6.03 Å². The second-order valence-electron chi connectivity index (χ2n) is 7.36. The second-order valence-corrected chi connectivity index (χ2v) is 9.29. The highest BCUT2D eigenvalue weighted by Gasteiger charge is 2.28. The Kier molecular flexibility index (Phi) is 6.50. The van der Waals surface area contributed by atoms with Gasteiger partial charge in [0.05, 0.1) is 0 Å². The smallest absolute Gasteiger partial charge is 0.314 e. The Morgan fingerprint density at radius 1 is 1.10 bits per heavy atom. The minimum atomic E-state index is -3.67. The van der Waals surface area contributed by atoms with E-state index in [0.717, 1.165) is 11.1 Å². The molecule has 8 heteroatoms. The van der Waals surface area contributed by atoms with Gasteiger partial charge in [-0.1, -0.05) is 30.3 Å². The van der Waals surface area contributed by atoms with Crippen LogP contribution in [-0.4, -0.2) is 43.3 Å². The van der Waals surface area contributed by atoms with Crippen molar-refractivity contribution in [1.82, 2.24) is 9.47 Å². The van der Waals surface area contributed by atoms with E-state index in [0.29, 0.717) is 36.5 Å². The lowest BCUT2D eigenvalue weighted by molar-refractivity contribution is 0.211. The van der Waals surface area contributed by atoms with Crippen molar-refractivity contribution in [2.24, 2.45) is 5.73 Å². The average Bonchev–Trinajstić information content (AvgIpc) is 3.02. The monoisotopic (exact) mass is 443 g/mol. The average molecular weight is 444 g/mol. The first-order valence-electron chi connectivity index (χ1n) is 9.95. The summed E-state index contributed by atoms with van der Waals surface area (Å²) in [5.74, 6) is -0.405. The topological polar surface area (TPSA) is 85.4 Å². The summed E-state index contributed by atoms with van der Waals surface area (Å²) in [6.45, 7) is 4.47. The molecule has 3 rings (SSSR count). The fourth-order valence-corrected chi connectivity index (χ4v) is 5.03. The van der Waals surface area contributed by atoms with Crippen molar-refractivity contribution in [3.05, 3.63) is 71.7 Å². The van der Waals surface area contributed by atoms with E-state index in [1.165, 1.54) is 23.3 Å². The van der Waals surface area contributed by atoms with Crippen molar-refractivity contribution in [3.8, 4) is 16.8 Å². The molecule has 0 bridgehead atoms. The molecule has 0 fully saturated rings. The molecule has 0 aliphatic carbocycles. The van der Waals surface area contributed by atoms with E-state index in [2.05, 4.69) is 0 Å². The van der Waals surface area contributed by atoms with Crippen molar-refractivity contribution >= 4 is 15.9 Å². The van der Waals surface area contributed by atoms with Crippen molar-refractivity contribution in [3.63, 3.8) is 0 Å². The molecule has 0 unspecified atom stereocenters. The molecule has 1 aromatic heterocycles. The third kappa shape index (κ3) is 4.64. The zero-order chi connectivity index (χ0) is 22.8. The first-order chi connectivity index (χ1) is 14.6. The van der Waals surface area contributed by atoms with E-state index in [9.17, 15) is 17.6 Å². The minimum Gasteiger partial charge on any atom is -0.351 e. The summed E-state index contributed by atoms with van der Waals surface area (Å²) >= 11 is 0. The van der Waals surface area contributed by atoms with Crippen molar-refractivity contribution in [1.29, 1.82) is 0 Å². The maximum absolute atomic E-state index is 13.5. The summed E-state index contributed by atoms with van der Waals surface area (Å²) in [6, 6.07) is 14.4. The number of benzene rings is 2. The van der Waals surface area contributed by atoms with Crippen LogP contribution in [0.15, 0.2) is 59.6 Å². The van der Waals surface area contributed by atoms with Gasteiger partial charge in [-0.25, -0.2) is 17.6 Å². The molecule has 1 heterocycles. The predicted octanol–water partition coefficient (Wildman–Crippen LogP) is 3.94. The number of aromatic nitrogens is 1. The molecule has 6 nitrogen and oxygen atoms in total. The Labute approximate surface area is 182 Å². The molecular weight excluding hydrogens is 417 g/mol. The number of nitrogens with two attached hydrogens (primary N) is 1. The molecule has 31 heavy (non-hydrogen) atoms.